The highest BCUT2D eigenvalue weighted by molar-refractivity contribution is 6.02. The molecule has 2 aliphatic heterocycles. The second-order valence-corrected chi connectivity index (χ2v) is 5.35. The number of imide groups is 1. The molecule has 0 bridgehead atoms. The number of carbonyl (C=O) groups is 3. The average molecular weight is 303 g/mol. The number of ether oxygens (including phenoxy) is 1. The van der Waals surface area contributed by atoms with Gasteiger partial charge in [-0.2, -0.15) is 0 Å². The Morgan fingerprint density at radius 3 is 2.86 bits per heavy atom. The van der Waals surface area contributed by atoms with Crippen molar-refractivity contribution >= 4 is 17.8 Å². The zero-order valence-corrected chi connectivity index (χ0v) is 12.2. The van der Waals surface area contributed by atoms with Crippen LogP contribution in [-0.4, -0.2) is 60.4 Å². The number of rotatable bonds is 3. The van der Waals surface area contributed by atoms with Crippen LogP contribution in [0.1, 0.15) is 16.8 Å². The number of hydrogen-bond acceptors (Lipinski definition) is 4. The normalized spacial score (nSPS) is 21.2. The number of carbonyl (C=O) groups excluding carboxylic acids is 3. The highest BCUT2D eigenvalue weighted by Gasteiger charge is 2.39. The number of nitrogens with zero attached hydrogens (tertiary/aromatic N) is 2. The van der Waals surface area contributed by atoms with E-state index in [4.69, 9.17) is 4.74 Å². The SMILES string of the molecule is COc1cccc(C(=O)N2CCC(N3C(=O)CNC3=O)C2)c1. The Labute approximate surface area is 127 Å². The van der Waals surface area contributed by atoms with Crippen LogP contribution < -0.4 is 10.1 Å². The van der Waals surface area contributed by atoms with Gasteiger partial charge in [0.25, 0.3) is 5.91 Å². The molecule has 4 amide bonds. The molecule has 7 nitrogen and oxygen atoms in total. The molecule has 1 aromatic carbocycles. The third kappa shape index (κ3) is 2.49. The van der Waals surface area contributed by atoms with Gasteiger partial charge >= 0.3 is 6.03 Å². The maximum absolute atomic E-state index is 12.5. The maximum Gasteiger partial charge on any atom is 0.324 e. The van der Waals surface area contributed by atoms with Gasteiger partial charge in [-0.3, -0.25) is 14.5 Å². The van der Waals surface area contributed by atoms with Crippen LogP contribution in [-0.2, 0) is 4.79 Å². The first-order valence-electron chi connectivity index (χ1n) is 7.13. The van der Waals surface area contributed by atoms with E-state index >= 15 is 0 Å². The predicted molar refractivity (Wildman–Crippen MR) is 77.5 cm³/mol. The molecule has 0 aliphatic carbocycles. The largest absolute Gasteiger partial charge is 0.497 e. The van der Waals surface area contributed by atoms with Crippen molar-refractivity contribution in [2.45, 2.75) is 12.5 Å². The molecule has 0 aromatic heterocycles. The van der Waals surface area contributed by atoms with Crippen molar-refractivity contribution in [1.82, 2.24) is 15.1 Å². The summed E-state index contributed by atoms with van der Waals surface area (Å²) < 4.78 is 5.12. The topological polar surface area (TPSA) is 79.0 Å². The fourth-order valence-corrected chi connectivity index (χ4v) is 2.88. The highest BCUT2D eigenvalue weighted by Crippen LogP contribution is 2.21. The van der Waals surface area contributed by atoms with Crippen LogP contribution in [0, 0.1) is 0 Å². The van der Waals surface area contributed by atoms with E-state index in [-0.39, 0.29) is 30.4 Å². The lowest BCUT2D eigenvalue weighted by molar-refractivity contribution is -0.126. The molecule has 3 rings (SSSR count). The van der Waals surface area contributed by atoms with Crippen LogP contribution >= 0.6 is 0 Å². The first-order chi connectivity index (χ1) is 10.6. The predicted octanol–water partition coefficient (Wildman–Crippen LogP) is 0.462. The zero-order valence-electron chi connectivity index (χ0n) is 12.2. The molecule has 116 valence electrons. The fourth-order valence-electron chi connectivity index (χ4n) is 2.88. The van der Waals surface area contributed by atoms with E-state index < -0.39 is 0 Å². The van der Waals surface area contributed by atoms with Crippen molar-refractivity contribution in [2.24, 2.45) is 0 Å². The summed E-state index contributed by atoms with van der Waals surface area (Å²) in [7, 11) is 1.55. The Kier molecular flexibility index (Phi) is 3.70. The van der Waals surface area contributed by atoms with Gasteiger partial charge in [-0.25, -0.2) is 4.79 Å². The molecular weight excluding hydrogens is 286 g/mol. The minimum absolute atomic E-state index is 0.0408. The van der Waals surface area contributed by atoms with Crippen LogP contribution in [0.2, 0.25) is 0 Å². The average Bonchev–Trinajstić information content (AvgIpc) is 3.13. The van der Waals surface area contributed by atoms with Crippen molar-refractivity contribution < 1.29 is 19.1 Å². The molecular formula is C15H17N3O4. The quantitative estimate of drug-likeness (QED) is 0.823. The van der Waals surface area contributed by atoms with Crippen molar-refractivity contribution in [3.63, 3.8) is 0 Å². The lowest BCUT2D eigenvalue weighted by Gasteiger charge is -2.21. The molecule has 0 saturated carbocycles. The standard InChI is InChI=1S/C15H17N3O4/c1-22-12-4-2-3-10(7-12)14(20)17-6-5-11(9-17)18-13(19)8-16-15(18)21/h2-4,7,11H,5-6,8-9H2,1H3,(H,16,21). The van der Waals surface area contributed by atoms with E-state index in [1.807, 2.05) is 0 Å². The molecule has 1 aromatic rings. The summed E-state index contributed by atoms with van der Waals surface area (Å²) in [6.45, 7) is 0.937. The second-order valence-electron chi connectivity index (χ2n) is 5.35. The summed E-state index contributed by atoms with van der Waals surface area (Å²) in [5, 5.41) is 2.50. The molecule has 2 aliphatic rings. The number of amides is 4. The Hall–Kier alpha value is -2.57. The molecule has 1 unspecified atom stereocenters. The minimum atomic E-state index is -0.370. The molecule has 1 atom stereocenters. The summed E-state index contributed by atoms with van der Waals surface area (Å²) in [6, 6.07) is 6.33. The fraction of sp³-hybridized carbons (Fsp3) is 0.400. The molecule has 2 saturated heterocycles. The Balaban J connectivity index is 1.70. The van der Waals surface area contributed by atoms with Gasteiger partial charge in [0.1, 0.15) is 5.75 Å². The smallest absolute Gasteiger partial charge is 0.324 e. The van der Waals surface area contributed by atoms with Gasteiger partial charge in [0, 0.05) is 18.7 Å². The number of likely N-dealkylation sites (tertiary alicyclic amines) is 1. The summed E-state index contributed by atoms with van der Waals surface area (Å²) in [6.07, 6.45) is 0.606. The van der Waals surface area contributed by atoms with Crippen molar-refractivity contribution in [2.75, 3.05) is 26.7 Å². The number of hydrogen-bond donors (Lipinski definition) is 1. The van der Waals surface area contributed by atoms with E-state index in [1.165, 1.54) is 4.90 Å². The molecule has 2 heterocycles. The highest BCUT2D eigenvalue weighted by atomic mass is 16.5. The molecule has 0 spiro atoms. The van der Waals surface area contributed by atoms with E-state index in [0.29, 0.717) is 30.8 Å². The molecule has 0 radical (unpaired) electrons. The number of nitrogens with one attached hydrogen (secondary N) is 1. The third-order valence-corrected chi connectivity index (χ3v) is 4.01. The zero-order chi connectivity index (χ0) is 15.7. The van der Waals surface area contributed by atoms with E-state index in [0.717, 1.165) is 0 Å². The van der Waals surface area contributed by atoms with Crippen molar-refractivity contribution in [3.8, 4) is 5.75 Å². The van der Waals surface area contributed by atoms with Gasteiger partial charge in [-0.15, -0.1) is 0 Å². The van der Waals surface area contributed by atoms with Gasteiger partial charge in [0.2, 0.25) is 5.91 Å². The molecule has 7 heteroatoms. The van der Waals surface area contributed by atoms with Crippen molar-refractivity contribution in [3.05, 3.63) is 29.8 Å². The Morgan fingerprint density at radius 1 is 1.36 bits per heavy atom. The van der Waals surface area contributed by atoms with Gasteiger partial charge < -0.3 is 15.0 Å². The van der Waals surface area contributed by atoms with E-state index in [9.17, 15) is 14.4 Å². The lowest BCUT2D eigenvalue weighted by Crippen LogP contribution is -2.42. The van der Waals surface area contributed by atoms with Gasteiger partial charge in [0.05, 0.1) is 19.7 Å². The first kappa shape index (κ1) is 14.4. The molecule has 1 N–H and O–H groups in total. The van der Waals surface area contributed by atoms with Gasteiger partial charge in [-0.05, 0) is 24.6 Å². The molecule has 22 heavy (non-hydrogen) atoms. The van der Waals surface area contributed by atoms with E-state index in [2.05, 4.69) is 5.32 Å². The summed E-state index contributed by atoms with van der Waals surface area (Å²) in [5.74, 6) is 0.273. The third-order valence-electron chi connectivity index (χ3n) is 4.01. The van der Waals surface area contributed by atoms with Gasteiger partial charge in [0.15, 0.2) is 0 Å². The lowest BCUT2D eigenvalue weighted by atomic mass is 10.2. The number of benzene rings is 1. The van der Waals surface area contributed by atoms with Crippen LogP contribution in [0.25, 0.3) is 0 Å². The minimum Gasteiger partial charge on any atom is -0.497 e. The van der Waals surface area contributed by atoms with E-state index in [1.54, 1.807) is 36.3 Å². The Bertz CT molecular complexity index is 615. The summed E-state index contributed by atoms with van der Waals surface area (Å²) in [5.41, 5.74) is 0.539. The van der Waals surface area contributed by atoms with Crippen LogP contribution in [0.3, 0.4) is 0 Å². The summed E-state index contributed by atoms with van der Waals surface area (Å²) >= 11 is 0. The maximum atomic E-state index is 12.5. The van der Waals surface area contributed by atoms with Crippen molar-refractivity contribution in [1.29, 1.82) is 0 Å². The summed E-state index contributed by atoms with van der Waals surface area (Å²) in [4.78, 5) is 38.8. The monoisotopic (exact) mass is 303 g/mol. The van der Waals surface area contributed by atoms with Gasteiger partial charge in [-0.1, -0.05) is 6.07 Å². The first-order valence-corrected chi connectivity index (χ1v) is 7.13. The number of urea groups is 1. The van der Waals surface area contributed by atoms with Crippen LogP contribution in [0.4, 0.5) is 4.79 Å². The number of methoxy groups -OCH3 is 1. The molecule has 2 fully saturated rings. The second kappa shape index (κ2) is 5.67. The van der Waals surface area contributed by atoms with Crippen LogP contribution in [0.5, 0.6) is 5.75 Å². The van der Waals surface area contributed by atoms with Crippen LogP contribution in [0.15, 0.2) is 24.3 Å². The Morgan fingerprint density at radius 2 is 2.18 bits per heavy atom.